The number of aromatic nitrogens is 6. The number of carbonyl (C=O) groups is 4. The standard InChI is InChI=1S/C21H32N4O3.C20H28ClN3O3.C11H11NO3.C10H8Cl2N2O/c1-5-27-15-10-11-16-17(13-15)25-20(18(14-22)24-16)23-12-8-6-7-9-19(26)28-21(2,3)4;1-5-26-14-10-11-15-16(13-14)24-19(18(21)23-15)22-12-8-6-7-9-17(25)27-20(2,3)4;1-2-15-8-4-3-7-5-10(13)11(14)12-9(7)6-8;1-2-15-6-3-4-7-8(5-6)14-10(12)9(11)13-7/h10-11,13H,5-9,12,14,22H2,1-4H3,(H,23,25);10-11,13H,5-9,12H2,1-4H3,(H,22,24);3-4,6H,2,5H2,1H3,(H,12,14);3-5H,2H2,1H3. The monoisotopic (exact) mass is 1230 g/mol. The number of nitrogens with two attached hydrogens (primary N) is 1. The highest BCUT2D eigenvalue weighted by Crippen LogP contribution is 2.29. The summed E-state index contributed by atoms with van der Waals surface area (Å²) in [6.45, 7) is 23.1. The molecular weight excluding hydrogens is 1150 g/mol. The highest BCUT2D eigenvalue weighted by Gasteiger charge is 2.23. The lowest BCUT2D eigenvalue weighted by atomic mass is 10.0. The first-order valence-electron chi connectivity index (χ1n) is 28.5. The van der Waals surface area contributed by atoms with E-state index in [-0.39, 0.29) is 28.7 Å². The molecule has 5 N–H and O–H groups in total. The van der Waals surface area contributed by atoms with Gasteiger partial charge in [0.25, 0.3) is 5.91 Å². The van der Waals surface area contributed by atoms with E-state index in [1.807, 2.05) is 112 Å². The maximum atomic E-state index is 11.7. The van der Waals surface area contributed by atoms with Gasteiger partial charge in [-0.2, -0.15) is 0 Å². The molecule has 0 radical (unpaired) electrons. The van der Waals surface area contributed by atoms with Crippen molar-refractivity contribution in [3.8, 4) is 23.0 Å². The number of ether oxygens (including phenoxy) is 6. The molecule has 8 rings (SSSR count). The fourth-order valence-electron chi connectivity index (χ4n) is 8.11. The second-order valence-electron chi connectivity index (χ2n) is 21.1. The van der Waals surface area contributed by atoms with E-state index < -0.39 is 22.9 Å². The molecule has 20 nitrogen and oxygen atoms in total. The summed E-state index contributed by atoms with van der Waals surface area (Å²) < 4.78 is 32.3. The predicted octanol–water partition coefficient (Wildman–Crippen LogP) is 13.3. The van der Waals surface area contributed by atoms with Gasteiger partial charge in [0.1, 0.15) is 40.0 Å². The van der Waals surface area contributed by atoms with Crippen LogP contribution in [0, 0.1) is 0 Å². The number of nitrogens with zero attached hydrogens (tertiary/aromatic N) is 6. The molecule has 7 aromatic rings. The van der Waals surface area contributed by atoms with Crippen molar-refractivity contribution in [3.05, 3.63) is 99.5 Å². The number of unbranched alkanes of at least 4 members (excludes halogenated alkanes) is 4. The SMILES string of the molecule is CCOc1ccc2c(c1)NC(=O)C(=O)C2.CCOc1ccc2nc(CN)c(NCCCCCC(=O)OC(C)(C)C)nc2c1.CCOc1ccc2nc(Cl)c(Cl)nc2c1.CCOc1ccc2nc(Cl)c(NCCCCCC(=O)OC(C)(C)C)nc2c1. The molecule has 4 heterocycles. The van der Waals surface area contributed by atoms with Crippen molar-refractivity contribution in [2.24, 2.45) is 5.73 Å². The van der Waals surface area contributed by atoms with Crippen LogP contribution >= 0.6 is 34.8 Å². The van der Waals surface area contributed by atoms with Gasteiger partial charge in [0.15, 0.2) is 21.3 Å². The smallest absolute Gasteiger partial charge is 0.306 e. The van der Waals surface area contributed by atoms with E-state index in [0.717, 1.165) is 95.6 Å². The number of carbonyl (C=O) groups excluding carboxylic acids is 4. The maximum absolute atomic E-state index is 11.7. The van der Waals surface area contributed by atoms with Crippen LogP contribution in [0.5, 0.6) is 23.0 Å². The van der Waals surface area contributed by atoms with Gasteiger partial charge in [-0.15, -0.1) is 0 Å². The normalized spacial score (nSPS) is 11.8. The molecule has 85 heavy (non-hydrogen) atoms. The van der Waals surface area contributed by atoms with Crippen LogP contribution in [0.3, 0.4) is 0 Å². The molecule has 1 aliphatic heterocycles. The Morgan fingerprint density at radius 2 is 0.918 bits per heavy atom. The summed E-state index contributed by atoms with van der Waals surface area (Å²) in [6, 6.07) is 22.0. The first-order chi connectivity index (χ1) is 40.5. The molecule has 0 aliphatic carbocycles. The third-order valence-corrected chi connectivity index (χ3v) is 12.7. The molecular formula is C62H79Cl3N10O10. The van der Waals surface area contributed by atoms with Crippen LogP contribution in [0.1, 0.15) is 132 Å². The van der Waals surface area contributed by atoms with E-state index in [1.54, 1.807) is 30.3 Å². The molecule has 1 amide bonds. The van der Waals surface area contributed by atoms with Crippen molar-refractivity contribution < 1.29 is 47.6 Å². The van der Waals surface area contributed by atoms with Crippen molar-refractivity contribution in [2.45, 2.75) is 145 Å². The predicted molar refractivity (Wildman–Crippen MR) is 336 cm³/mol. The summed E-state index contributed by atoms with van der Waals surface area (Å²) in [6.07, 6.45) is 6.33. The van der Waals surface area contributed by atoms with Crippen LogP contribution in [0.4, 0.5) is 17.3 Å². The fourth-order valence-corrected chi connectivity index (χ4v) is 8.58. The minimum atomic E-state index is -0.545. The molecule has 0 saturated heterocycles. The van der Waals surface area contributed by atoms with Crippen molar-refractivity contribution in [1.29, 1.82) is 0 Å². The van der Waals surface area contributed by atoms with E-state index in [9.17, 15) is 19.2 Å². The van der Waals surface area contributed by atoms with Crippen molar-refractivity contribution in [3.63, 3.8) is 0 Å². The van der Waals surface area contributed by atoms with Gasteiger partial charge in [-0.25, -0.2) is 29.9 Å². The number of esters is 2. The number of hydrogen-bond acceptors (Lipinski definition) is 19. The number of Topliss-reactive ketones (excluding diaryl/α,β-unsaturated/α-hetero) is 1. The third-order valence-electron chi connectivity index (χ3n) is 11.8. The van der Waals surface area contributed by atoms with E-state index >= 15 is 0 Å². The molecule has 0 fully saturated rings. The number of ketones is 1. The number of anilines is 3. The van der Waals surface area contributed by atoms with Crippen molar-refractivity contribution in [2.75, 3.05) is 55.5 Å². The van der Waals surface area contributed by atoms with Gasteiger partial charge in [0.2, 0.25) is 5.78 Å². The van der Waals surface area contributed by atoms with Crippen molar-refractivity contribution in [1.82, 2.24) is 29.9 Å². The van der Waals surface area contributed by atoms with Gasteiger partial charge in [-0.3, -0.25) is 19.2 Å². The Morgan fingerprint density at radius 1 is 0.518 bits per heavy atom. The number of halogens is 3. The van der Waals surface area contributed by atoms with Crippen LogP contribution in [0.25, 0.3) is 33.1 Å². The first-order valence-corrected chi connectivity index (χ1v) is 29.7. The summed E-state index contributed by atoms with van der Waals surface area (Å²) in [7, 11) is 0. The highest BCUT2D eigenvalue weighted by atomic mass is 35.5. The number of benzene rings is 4. The minimum absolute atomic E-state index is 0.142. The Labute approximate surface area is 512 Å². The van der Waals surface area contributed by atoms with Gasteiger partial charge in [-0.05, 0) is 143 Å². The van der Waals surface area contributed by atoms with Crippen LogP contribution in [0.15, 0.2) is 72.8 Å². The van der Waals surface area contributed by atoms with E-state index in [4.69, 9.17) is 69.0 Å². The Bertz CT molecular complexity index is 3360. The summed E-state index contributed by atoms with van der Waals surface area (Å²) >= 11 is 17.7. The Morgan fingerprint density at radius 3 is 1.38 bits per heavy atom. The molecule has 0 atom stereocenters. The van der Waals surface area contributed by atoms with Crippen LogP contribution in [0.2, 0.25) is 15.5 Å². The summed E-state index contributed by atoms with van der Waals surface area (Å²) in [4.78, 5) is 72.0. The molecule has 0 unspecified atom stereocenters. The lowest BCUT2D eigenvalue weighted by molar-refractivity contribution is -0.156. The second kappa shape index (κ2) is 33.9. The van der Waals surface area contributed by atoms with Crippen molar-refractivity contribution >= 4 is 109 Å². The number of rotatable bonds is 23. The molecule has 1 aliphatic rings. The average Bonchev–Trinajstić information content (AvgIpc) is 3.41. The summed E-state index contributed by atoms with van der Waals surface area (Å²) in [5.74, 6) is 3.01. The molecule has 0 bridgehead atoms. The third kappa shape index (κ3) is 23.5. The highest BCUT2D eigenvalue weighted by molar-refractivity contribution is 6.42. The van der Waals surface area contributed by atoms with Crippen LogP contribution in [-0.2, 0) is 41.6 Å². The zero-order valence-electron chi connectivity index (χ0n) is 50.2. The van der Waals surface area contributed by atoms with Crippen LogP contribution < -0.4 is 40.6 Å². The Kier molecular flexibility index (Phi) is 27.3. The Hall–Kier alpha value is -7.39. The minimum Gasteiger partial charge on any atom is -0.494 e. The largest absolute Gasteiger partial charge is 0.494 e. The van der Waals surface area contributed by atoms with Gasteiger partial charge in [-0.1, -0.05) is 53.7 Å². The van der Waals surface area contributed by atoms with Gasteiger partial charge >= 0.3 is 11.9 Å². The number of amides is 1. The van der Waals surface area contributed by atoms with E-state index in [0.29, 0.717) is 91.6 Å². The first kappa shape index (κ1) is 68.4. The Balaban J connectivity index is 0.000000215. The average molecular weight is 1230 g/mol. The molecule has 23 heteroatoms. The zero-order valence-corrected chi connectivity index (χ0v) is 52.5. The fraction of sp³-hybridized carbons (Fsp3) is 0.452. The zero-order chi connectivity index (χ0) is 62.1. The van der Waals surface area contributed by atoms with E-state index in [1.165, 1.54) is 0 Å². The van der Waals surface area contributed by atoms with E-state index in [2.05, 4.69) is 45.9 Å². The van der Waals surface area contributed by atoms with Gasteiger partial charge < -0.3 is 50.1 Å². The molecule has 3 aromatic heterocycles. The topological polar surface area (TPSA) is 263 Å². The number of fused-ring (bicyclic) bond motifs is 4. The lowest BCUT2D eigenvalue weighted by Crippen LogP contribution is -2.29. The van der Waals surface area contributed by atoms with Crippen LogP contribution in [-0.4, -0.2) is 104 Å². The van der Waals surface area contributed by atoms with Gasteiger partial charge in [0, 0.05) is 68.8 Å². The number of nitrogens with one attached hydrogen (secondary N) is 3. The molecule has 458 valence electrons. The summed E-state index contributed by atoms with van der Waals surface area (Å²) in [5.41, 5.74) is 11.7. The number of hydrogen-bond donors (Lipinski definition) is 4. The quantitative estimate of drug-likeness (QED) is 0.0263. The van der Waals surface area contributed by atoms with Gasteiger partial charge in [0.05, 0.1) is 65.2 Å². The second-order valence-corrected chi connectivity index (χ2v) is 22.2. The lowest BCUT2D eigenvalue weighted by Gasteiger charge is -2.19. The molecule has 4 aromatic carbocycles. The summed E-state index contributed by atoms with van der Waals surface area (Å²) in [5, 5.41) is 9.85. The molecule has 0 spiro atoms. The molecule has 0 saturated carbocycles. The maximum Gasteiger partial charge on any atom is 0.306 e.